The minimum absolute atomic E-state index is 0.0831. The predicted octanol–water partition coefficient (Wildman–Crippen LogP) is 5.70. The summed E-state index contributed by atoms with van der Waals surface area (Å²) >= 11 is 6.51. The van der Waals surface area contributed by atoms with Crippen LogP contribution in [0.4, 0.5) is 16.0 Å². The molecule has 40 heavy (non-hydrogen) atoms. The van der Waals surface area contributed by atoms with Gasteiger partial charge < -0.3 is 14.7 Å². The highest BCUT2D eigenvalue weighted by atomic mass is 35.5. The van der Waals surface area contributed by atoms with Crippen LogP contribution in [0.3, 0.4) is 0 Å². The van der Waals surface area contributed by atoms with E-state index < -0.39 is 5.82 Å². The highest BCUT2D eigenvalue weighted by Crippen LogP contribution is 2.33. The lowest BCUT2D eigenvalue weighted by Gasteiger charge is -2.29. The minimum atomic E-state index is -0.625. The first-order valence-electron chi connectivity index (χ1n) is 13.0. The van der Waals surface area contributed by atoms with Gasteiger partial charge in [-0.25, -0.2) is 9.37 Å². The zero-order valence-corrected chi connectivity index (χ0v) is 23.0. The Kier molecular flexibility index (Phi) is 6.81. The monoisotopic (exact) mass is 559 g/mol. The molecule has 1 fully saturated rings. The second-order valence-corrected chi connectivity index (χ2v) is 10.6. The third-order valence-corrected chi connectivity index (χ3v) is 7.73. The van der Waals surface area contributed by atoms with Gasteiger partial charge in [0.15, 0.2) is 0 Å². The normalized spacial score (nSPS) is 14.6. The van der Waals surface area contributed by atoms with E-state index in [9.17, 15) is 4.79 Å². The van der Waals surface area contributed by atoms with E-state index in [4.69, 9.17) is 16.1 Å². The SMILES string of the molecule is Cc1nc(-c2cc(Cl)c(-c3cc4cnc(Nc5ccc(C6CCN(C)CC6)cc5)nc4n(C)c3=O)cc2F)no1. The van der Waals surface area contributed by atoms with Crippen LogP contribution < -0.4 is 10.9 Å². The number of hydrogen-bond donors (Lipinski definition) is 1. The van der Waals surface area contributed by atoms with Crippen molar-refractivity contribution < 1.29 is 8.91 Å². The van der Waals surface area contributed by atoms with Gasteiger partial charge in [0.25, 0.3) is 5.56 Å². The number of fused-ring (bicyclic) bond motifs is 1. The Bertz CT molecular complexity index is 1780. The van der Waals surface area contributed by atoms with Crippen LogP contribution >= 0.6 is 11.6 Å². The molecule has 4 heterocycles. The number of aromatic nitrogens is 5. The van der Waals surface area contributed by atoms with E-state index in [1.54, 1.807) is 26.2 Å². The van der Waals surface area contributed by atoms with Crippen molar-refractivity contribution >= 4 is 34.3 Å². The molecule has 204 valence electrons. The first-order valence-corrected chi connectivity index (χ1v) is 13.4. The third kappa shape index (κ3) is 4.96. The Morgan fingerprint density at radius 2 is 1.77 bits per heavy atom. The number of piperidine rings is 1. The largest absolute Gasteiger partial charge is 0.339 e. The lowest BCUT2D eigenvalue weighted by Crippen LogP contribution is -2.29. The number of nitrogens with one attached hydrogen (secondary N) is 1. The van der Waals surface area contributed by atoms with Gasteiger partial charge in [-0.15, -0.1) is 0 Å². The molecule has 6 rings (SSSR count). The number of anilines is 2. The molecule has 0 atom stereocenters. The van der Waals surface area contributed by atoms with Crippen LogP contribution in [0.5, 0.6) is 0 Å². The maximum absolute atomic E-state index is 15.0. The van der Waals surface area contributed by atoms with E-state index in [2.05, 4.69) is 49.5 Å². The van der Waals surface area contributed by atoms with Crippen LogP contribution in [0.2, 0.25) is 5.02 Å². The Morgan fingerprint density at radius 1 is 1.02 bits per heavy atom. The van der Waals surface area contributed by atoms with Crippen molar-refractivity contribution in [3.8, 4) is 22.5 Å². The van der Waals surface area contributed by atoms with Gasteiger partial charge >= 0.3 is 0 Å². The molecule has 1 aliphatic heterocycles. The summed E-state index contributed by atoms with van der Waals surface area (Å²) in [4.78, 5) is 28.8. The Hall–Kier alpha value is -4.15. The van der Waals surface area contributed by atoms with Crippen molar-refractivity contribution in [3.05, 3.63) is 81.3 Å². The summed E-state index contributed by atoms with van der Waals surface area (Å²) in [5.74, 6) is 0.703. The Morgan fingerprint density at radius 3 is 2.48 bits per heavy atom. The number of rotatable bonds is 5. The first kappa shape index (κ1) is 26.1. The molecule has 0 amide bonds. The summed E-state index contributed by atoms with van der Waals surface area (Å²) in [7, 11) is 3.78. The zero-order chi connectivity index (χ0) is 28.0. The number of nitrogens with zero attached hydrogens (tertiary/aromatic N) is 6. The quantitative estimate of drug-likeness (QED) is 0.293. The first-order chi connectivity index (χ1) is 19.3. The number of likely N-dealkylation sites (tertiary alicyclic amines) is 1. The van der Waals surface area contributed by atoms with Crippen LogP contribution in [0.25, 0.3) is 33.5 Å². The molecule has 3 aromatic heterocycles. The molecule has 2 aromatic carbocycles. The summed E-state index contributed by atoms with van der Waals surface area (Å²) < 4.78 is 21.4. The number of benzene rings is 2. The topological polar surface area (TPSA) is 102 Å². The summed E-state index contributed by atoms with van der Waals surface area (Å²) in [6, 6.07) is 12.6. The van der Waals surface area contributed by atoms with Gasteiger partial charge in [-0.05, 0) is 74.8 Å². The van der Waals surface area contributed by atoms with E-state index in [-0.39, 0.29) is 33.1 Å². The van der Waals surface area contributed by atoms with Crippen LogP contribution in [0, 0.1) is 12.7 Å². The summed E-state index contributed by atoms with van der Waals surface area (Å²) in [6.45, 7) is 3.84. The number of hydrogen-bond acceptors (Lipinski definition) is 8. The Balaban J connectivity index is 1.28. The maximum Gasteiger partial charge on any atom is 0.259 e. The van der Waals surface area contributed by atoms with Gasteiger partial charge in [0.05, 0.1) is 5.56 Å². The van der Waals surface area contributed by atoms with Crippen molar-refractivity contribution in [2.45, 2.75) is 25.7 Å². The van der Waals surface area contributed by atoms with Gasteiger partial charge in [-0.2, -0.15) is 9.97 Å². The van der Waals surface area contributed by atoms with E-state index in [1.807, 2.05) is 12.1 Å². The summed E-state index contributed by atoms with van der Waals surface area (Å²) in [6.07, 6.45) is 3.95. The third-order valence-electron chi connectivity index (χ3n) is 7.42. The molecule has 1 aliphatic rings. The summed E-state index contributed by atoms with van der Waals surface area (Å²) in [5.41, 5.74) is 2.82. The van der Waals surface area contributed by atoms with Crippen LogP contribution in [-0.4, -0.2) is 49.7 Å². The number of halogens is 2. The fourth-order valence-corrected chi connectivity index (χ4v) is 5.41. The standard InChI is InChI=1S/C29H27ClFN7O2/c1-16-33-26(36-40-16)23-13-24(30)21(14-25(23)31)22-12-19-15-32-29(35-27(19)38(3)28(22)39)34-20-6-4-17(5-7-20)18-8-10-37(2)11-9-18/h4-7,12-15,18H,8-11H2,1-3H3,(H,32,34,35). The van der Waals surface area contributed by atoms with E-state index >= 15 is 4.39 Å². The zero-order valence-electron chi connectivity index (χ0n) is 22.3. The smallest absolute Gasteiger partial charge is 0.259 e. The molecule has 0 aliphatic carbocycles. The van der Waals surface area contributed by atoms with E-state index in [0.717, 1.165) is 31.6 Å². The van der Waals surface area contributed by atoms with Crippen LogP contribution in [0.1, 0.15) is 30.2 Å². The predicted molar refractivity (Wildman–Crippen MR) is 152 cm³/mol. The van der Waals surface area contributed by atoms with E-state index in [0.29, 0.717) is 28.8 Å². The van der Waals surface area contributed by atoms with E-state index in [1.165, 1.54) is 22.3 Å². The lowest BCUT2D eigenvalue weighted by molar-refractivity contribution is 0.255. The molecule has 0 unspecified atom stereocenters. The number of aryl methyl sites for hydroxylation is 2. The van der Waals surface area contributed by atoms with Crippen molar-refractivity contribution in [2.75, 3.05) is 25.5 Å². The highest BCUT2D eigenvalue weighted by molar-refractivity contribution is 6.33. The number of pyridine rings is 1. The van der Waals surface area contributed by atoms with Crippen molar-refractivity contribution in [1.82, 2.24) is 29.6 Å². The Labute approximate surface area is 234 Å². The second-order valence-electron chi connectivity index (χ2n) is 10.2. The molecule has 11 heteroatoms. The van der Waals surface area contributed by atoms with Gasteiger partial charge in [-0.3, -0.25) is 9.36 Å². The molecule has 1 N–H and O–H groups in total. The average molecular weight is 560 g/mol. The molecule has 0 spiro atoms. The van der Waals surface area contributed by atoms with Crippen molar-refractivity contribution in [1.29, 1.82) is 0 Å². The average Bonchev–Trinajstić information content (AvgIpc) is 3.39. The van der Waals surface area contributed by atoms with Gasteiger partial charge in [0.2, 0.25) is 17.7 Å². The second kappa shape index (κ2) is 10.4. The van der Waals surface area contributed by atoms with Crippen LogP contribution in [-0.2, 0) is 7.05 Å². The minimum Gasteiger partial charge on any atom is -0.339 e. The van der Waals surface area contributed by atoms with Crippen molar-refractivity contribution in [2.24, 2.45) is 7.05 Å². The van der Waals surface area contributed by atoms with Gasteiger partial charge in [0, 0.05) is 47.4 Å². The molecular formula is C29H27ClFN7O2. The molecule has 0 saturated carbocycles. The molecule has 9 nitrogen and oxygen atoms in total. The molecular weight excluding hydrogens is 533 g/mol. The fourth-order valence-electron chi connectivity index (χ4n) is 5.14. The fraction of sp³-hybridized carbons (Fsp3) is 0.276. The molecule has 1 saturated heterocycles. The lowest BCUT2D eigenvalue weighted by atomic mass is 9.89. The van der Waals surface area contributed by atoms with Crippen LogP contribution in [0.15, 0.2) is 58.0 Å². The molecule has 0 radical (unpaired) electrons. The molecule has 0 bridgehead atoms. The summed E-state index contributed by atoms with van der Waals surface area (Å²) in [5, 5.41) is 7.77. The van der Waals surface area contributed by atoms with Crippen molar-refractivity contribution in [3.63, 3.8) is 0 Å². The van der Waals surface area contributed by atoms with Gasteiger partial charge in [-0.1, -0.05) is 28.9 Å². The highest BCUT2D eigenvalue weighted by Gasteiger charge is 2.20. The molecule has 5 aromatic rings. The van der Waals surface area contributed by atoms with Gasteiger partial charge in [0.1, 0.15) is 11.5 Å². The maximum atomic E-state index is 15.0.